The number of carbonyl (C=O) groups is 1. The molecular weight excluding hydrogens is 288 g/mol. The van der Waals surface area contributed by atoms with Gasteiger partial charge in [0, 0.05) is 18.1 Å². The zero-order valence-corrected chi connectivity index (χ0v) is 13.3. The van der Waals surface area contributed by atoms with E-state index in [0.29, 0.717) is 24.5 Å². The number of amides is 1. The largest absolute Gasteiger partial charge is 0.444 e. The molecule has 0 atom stereocenters. The number of carbonyl (C=O) groups excluding carboxylic acids is 1. The van der Waals surface area contributed by atoms with E-state index in [0.717, 1.165) is 5.56 Å². The molecule has 5 heteroatoms. The minimum atomic E-state index is -0.568. The Morgan fingerprint density at radius 2 is 2.05 bits per heavy atom. The van der Waals surface area contributed by atoms with E-state index in [1.54, 1.807) is 4.90 Å². The van der Waals surface area contributed by atoms with Gasteiger partial charge in [-0.2, -0.15) is 5.26 Å². The molecule has 1 aliphatic rings. The summed E-state index contributed by atoms with van der Waals surface area (Å²) in [5.41, 5.74) is -0.156. The SMILES string of the molecule is CC(C)(C)OC(=O)N1CC(C#N)(Cc2ccccc2Cl)C1. The summed E-state index contributed by atoms with van der Waals surface area (Å²) in [5.74, 6) is 0. The summed E-state index contributed by atoms with van der Waals surface area (Å²) in [6, 6.07) is 9.82. The number of halogens is 1. The summed E-state index contributed by atoms with van der Waals surface area (Å²) in [7, 11) is 0. The topological polar surface area (TPSA) is 53.3 Å². The van der Waals surface area contributed by atoms with Crippen molar-refractivity contribution in [2.24, 2.45) is 5.41 Å². The van der Waals surface area contributed by atoms with Gasteiger partial charge in [0.2, 0.25) is 0 Å². The molecule has 1 aromatic carbocycles. The number of rotatable bonds is 2. The quantitative estimate of drug-likeness (QED) is 0.838. The van der Waals surface area contributed by atoms with Gasteiger partial charge in [-0.3, -0.25) is 0 Å². The van der Waals surface area contributed by atoms with Crippen LogP contribution < -0.4 is 0 Å². The first-order valence-electron chi connectivity index (χ1n) is 6.87. The van der Waals surface area contributed by atoms with E-state index in [9.17, 15) is 10.1 Å². The molecule has 2 rings (SSSR count). The fraction of sp³-hybridized carbons (Fsp3) is 0.500. The molecule has 4 nitrogen and oxygen atoms in total. The van der Waals surface area contributed by atoms with Gasteiger partial charge in [-0.15, -0.1) is 0 Å². The van der Waals surface area contributed by atoms with Crippen molar-refractivity contribution in [1.29, 1.82) is 5.26 Å². The lowest BCUT2D eigenvalue weighted by molar-refractivity contribution is -0.0162. The molecule has 112 valence electrons. The Hall–Kier alpha value is -1.73. The number of nitriles is 1. The molecule has 0 aliphatic carbocycles. The van der Waals surface area contributed by atoms with Crippen molar-refractivity contribution in [2.75, 3.05) is 13.1 Å². The normalized spacial score (nSPS) is 16.8. The molecule has 1 saturated heterocycles. The molecule has 0 N–H and O–H groups in total. The predicted octanol–water partition coefficient (Wildman–Crippen LogP) is 3.64. The first kappa shape index (κ1) is 15.7. The summed E-state index contributed by atoms with van der Waals surface area (Å²) < 4.78 is 5.30. The molecule has 1 aromatic rings. The molecule has 1 fully saturated rings. The van der Waals surface area contributed by atoms with Crippen LogP contribution in [0.3, 0.4) is 0 Å². The third kappa shape index (κ3) is 3.68. The van der Waals surface area contributed by atoms with Gasteiger partial charge in [-0.1, -0.05) is 29.8 Å². The first-order valence-corrected chi connectivity index (χ1v) is 7.25. The van der Waals surface area contributed by atoms with E-state index in [1.807, 2.05) is 45.0 Å². The van der Waals surface area contributed by atoms with Crippen molar-refractivity contribution in [3.05, 3.63) is 34.9 Å². The maximum atomic E-state index is 11.9. The van der Waals surface area contributed by atoms with Gasteiger partial charge in [0.25, 0.3) is 0 Å². The molecule has 1 heterocycles. The van der Waals surface area contributed by atoms with Crippen LogP contribution in [0.25, 0.3) is 0 Å². The number of likely N-dealkylation sites (tertiary alicyclic amines) is 1. The Labute approximate surface area is 130 Å². The third-order valence-electron chi connectivity index (χ3n) is 3.36. The number of nitrogens with zero attached hydrogens (tertiary/aromatic N) is 2. The van der Waals surface area contributed by atoms with Gasteiger partial charge >= 0.3 is 6.09 Å². The Balaban J connectivity index is 2.00. The Bertz CT molecular complexity index is 581. The summed E-state index contributed by atoms with van der Waals surface area (Å²) in [4.78, 5) is 13.5. The minimum Gasteiger partial charge on any atom is -0.444 e. The van der Waals surface area contributed by atoms with E-state index < -0.39 is 11.0 Å². The van der Waals surface area contributed by atoms with Crippen molar-refractivity contribution in [2.45, 2.75) is 32.8 Å². The van der Waals surface area contributed by atoms with Crippen molar-refractivity contribution >= 4 is 17.7 Å². The maximum absolute atomic E-state index is 11.9. The zero-order valence-electron chi connectivity index (χ0n) is 12.5. The van der Waals surface area contributed by atoms with Crippen LogP contribution in [-0.4, -0.2) is 29.7 Å². The van der Waals surface area contributed by atoms with Gasteiger partial charge in [0.05, 0.1) is 11.5 Å². The van der Waals surface area contributed by atoms with Crippen LogP contribution in [0, 0.1) is 16.7 Å². The standard InChI is InChI=1S/C16H19ClN2O2/c1-15(2,3)21-14(20)19-10-16(9-18,11-19)8-12-6-4-5-7-13(12)17/h4-7H,8,10-11H2,1-3H3. The highest BCUT2D eigenvalue weighted by Crippen LogP contribution is 2.36. The molecule has 21 heavy (non-hydrogen) atoms. The maximum Gasteiger partial charge on any atom is 0.410 e. The van der Waals surface area contributed by atoms with E-state index in [4.69, 9.17) is 16.3 Å². The van der Waals surface area contributed by atoms with E-state index in [-0.39, 0.29) is 6.09 Å². The van der Waals surface area contributed by atoms with Crippen LogP contribution in [0.15, 0.2) is 24.3 Å². The van der Waals surface area contributed by atoms with Gasteiger partial charge in [0.15, 0.2) is 0 Å². The molecule has 0 saturated carbocycles. The lowest BCUT2D eigenvalue weighted by atomic mass is 9.76. The van der Waals surface area contributed by atoms with Crippen LogP contribution in [-0.2, 0) is 11.2 Å². The van der Waals surface area contributed by atoms with Crippen LogP contribution in [0.4, 0.5) is 4.79 Å². The molecule has 0 spiro atoms. The summed E-state index contributed by atoms with van der Waals surface area (Å²) in [6.07, 6.45) is 0.176. The van der Waals surface area contributed by atoms with Crippen LogP contribution >= 0.6 is 11.6 Å². The Morgan fingerprint density at radius 1 is 1.43 bits per heavy atom. The number of ether oxygens (including phenoxy) is 1. The number of hydrogen-bond acceptors (Lipinski definition) is 3. The van der Waals surface area contributed by atoms with Crippen LogP contribution in [0.2, 0.25) is 5.02 Å². The third-order valence-corrected chi connectivity index (χ3v) is 3.73. The molecule has 0 radical (unpaired) electrons. The fourth-order valence-electron chi connectivity index (χ4n) is 2.37. The molecule has 0 bridgehead atoms. The second-order valence-corrected chi connectivity index (χ2v) is 6.90. The monoisotopic (exact) mass is 306 g/mol. The van der Waals surface area contributed by atoms with Crippen molar-refractivity contribution in [1.82, 2.24) is 4.90 Å². The van der Waals surface area contributed by atoms with Gasteiger partial charge in [-0.05, 0) is 38.8 Å². The molecule has 0 unspecified atom stereocenters. The van der Waals surface area contributed by atoms with Gasteiger partial charge in [0.1, 0.15) is 5.60 Å². The average molecular weight is 307 g/mol. The molecular formula is C16H19ClN2O2. The van der Waals surface area contributed by atoms with E-state index >= 15 is 0 Å². The zero-order chi connectivity index (χ0) is 15.7. The summed E-state index contributed by atoms with van der Waals surface area (Å²) in [6.45, 7) is 6.23. The van der Waals surface area contributed by atoms with Crippen LogP contribution in [0.1, 0.15) is 26.3 Å². The van der Waals surface area contributed by atoms with Crippen molar-refractivity contribution in [3.63, 3.8) is 0 Å². The fourth-order valence-corrected chi connectivity index (χ4v) is 2.57. The highest BCUT2D eigenvalue weighted by Gasteiger charge is 2.47. The lowest BCUT2D eigenvalue weighted by Gasteiger charge is -2.45. The number of benzene rings is 1. The molecule has 0 aromatic heterocycles. The highest BCUT2D eigenvalue weighted by molar-refractivity contribution is 6.31. The van der Waals surface area contributed by atoms with Gasteiger partial charge in [-0.25, -0.2) is 4.79 Å². The van der Waals surface area contributed by atoms with Crippen molar-refractivity contribution < 1.29 is 9.53 Å². The van der Waals surface area contributed by atoms with Gasteiger partial charge < -0.3 is 9.64 Å². The molecule has 1 aliphatic heterocycles. The average Bonchev–Trinajstić information content (AvgIpc) is 2.33. The first-order chi connectivity index (χ1) is 9.75. The second-order valence-electron chi connectivity index (χ2n) is 6.50. The van der Waals surface area contributed by atoms with E-state index in [2.05, 4.69) is 6.07 Å². The number of hydrogen-bond donors (Lipinski definition) is 0. The predicted molar refractivity (Wildman–Crippen MR) is 81.0 cm³/mol. The lowest BCUT2D eigenvalue weighted by Crippen LogP contribution is -2.59. The molecule has 1 amide bonds. The minimum absolute atomic E-state index is 0.368. The second kappa shape index (κ2) is 5.57. The highest BCUT2D eigenvalue weighted by atomic mass is 35.5. The van der Waals surface area contributed by atoms with Crippen LogP contribution in [0.5, 0.6) is 0 Å². The Morgan fingerprint density at radius 3 is 2.57 bits per heavy atom. The Kier molecular flexibility index (Phi) is 4.15. The van der Waals surface area contributed by atoms with Crippen molar-refractivity contribution in [3.8, 4) is 6.07 Å². The summed E-state index contributed by atoms with van der Waals surface area (Å²) in [5, 5.41) is 10.1. The summed E-state index contributed by atoms with van der Waals surface area (Å²) >= 11 is 6.14. The smallest absolute Gasteiger partial charge is 0.410 e. The van der Waals surface area contributed by atoms with E-state index in [1.165, 1.54) is 0 Å².